The van der Waals surface area contributed by atoms with Crippen molar-refractivity contribution in [2.75, 3.05) is 11.1 Å². The molecule has 0 fully saturated rings. The van der Waals surface area contributed by atoms with Gasteiger partial charge in [0.15, 0.2) is 11.5 Å². The standard InChI is InChI=1S/C11H18N6/c1-4-5-11(2,3)17-9-7-8(14-6-13-7)15-10(12)16-9/h6H,4-5H2,1-3H3,(H4,12,13,14,15,16,17). The first-order valence-electron chi connectivity index (χ1n) is 5.76. The van der Waals surface area contributed by atoms with Gasteiger partial charge in [-0.15, -0.1) is 0 Å². The van der Waals surface area contributed by atoms with Crippen LogP contribution in [0, 0.1) is 0 Å². The molecular weight excluding hydrogens is 216 g/mol. The van der Waals surface area contributed by atoms with Crippen LogP contribution in [-0.2, 0) is 0 Å². The maximum absolute atomic E-state index is 5.66. The first-order chi connectivity index (χ1) is 8.02. The van der Waals surface area contributed by atoms with Gasteiger partial charge in [-0.2, -0.15) is 9.97 Å². The average Bonchev–Trinajstić information content (AvgIpc) is 2.64. The Morgan fingerprint density at radius 1 is 1.41 bits per heavy atom. The summed E-state index contributed by atoms with van der Waals surface area (Å²) in [4.78, 5) is 15.4. The average molecular weight is 234 g/mol. The molecule has 0 unspecified atom stereocenters. The van der Waals surface area contributed by atoms with E-state index in [0.717, 1.165) is 18.4 Å². The third-order valence-corrected chi connectivity index (χ3v) is 2.63. The number of aromatic amines is 1. The van der Waals surface area contributed by atoms with Crippen LogP contribution in [0.2, 0.25) is 0 Å². The van der Waals surface area contributed by atoms with Crippen molar-refractivity contribution in [3.05, 3.63) is 6.33 Å². The minimum absolute atomic E-state index is 0.0341. The summed E-state index contributed by atoms with van der Waals surface area (Å²) in [5.41, 5.74) is 7.01. The molecule has 2 aromatic heterocycles. The number of anilines is 2. The Bertz CT molecular complexity index is 516. The maximum Gasteiger partial charge on any atom is 0.224 e. The molecule has 6 nitrogen and oxygen atoms in total. The summed E-state index contributed by atoms with van der Waals surface area (Å²) in [5.74, 6) is 0.947. The van der Waals surface area contributed by atoms with Crippen molar-refractivity contribution >= 4 is 22.9 Å². The Labute approximate surface area is 100 Å². The molecular formula is C11H18N6. The number of hydrogen-bond acceptors (Lipinski definition) is 5. The normalized spacial score (nSPS) is 11.9. The summed E-state index contributed by atoms with van der Waals surface area (Å²) >= 11 is 0. The zero-order chi connectivity index (χ0) is 12.5. The number of H-pyrrole nitrogens is 1. The molecule has 0 bridgehead atoms. The van der Waals surface area contributed by atoms with Crippen molar-refractivity contribution < 1.29 is 0 Å². The molecule has 0 spiro atoms. The van der Waals surface area contributed by atoms with Gasteiger partial charge >= 0.3 is 0 Å². The fourth-order valence-corrected chi connectivity index (χ4v) is 1.95. The van der Waals surface area contributed by atoms with Crippen LogP contribution < -0.4 is 11.1 Å². The summed E-state index contributed by atoms with van der Waals surface area (Å²) in [6.45, 7) is 6.43. The van der Waals surface area contributed by atoms with Crippen LogP contribution in [0.1, 0.15) is 33.6 Å². The van der Waals surface area contributed by atoms with Gasteiger partial charge in [-0.05, 0) is 20.3 Å². The largest absolute Gasteiger partial charge is 0.368 e. The fraction of sp³-hybridized carbons (Fsp3) is 0.545. The Hall–Kier alpha value is -1.85. The number of aromatic nitrogens is 4. The van der Waals surface area contributed by atoms with Crippen molar-refractivity contribution in [1.29, 1.82) is 0 Å². The summed E-state index contributed by atoms with van der Waals surface area (Å²) < 4.78 is 0. The minimum Gasteiger partial charge on any atom is -0.368 e. The van der Waals surface area contributed by atoms with Crippen molar-refractivity contribution in [2.24, 2.45) is 0 Å². The predicted octanol–water partition coefficient (Wildman–Crippen LogP) is 1.93. The highest BCUT2D eigenvalue weighted by Crippen LogP contribution is 2.23. The van der Waals surface area contributed by atoms with E-state index >= 15 is 0 Å². The van der Waals surface area contributed by atoms with Crippen LogP contribution in [0.5, 0.6) is 0 Å². The number of rotatable bonds is 4. The highest BCUT2D eigenvalue weighted by molar-refractivity contribution is 5.83. The van der Waals surface area contributed by atoms with Crippen LogP contribution in [0.3, 0.4) is 0 Å². The van der Waals surface area contributed by atoms with Gasteiger partial charge in [0, 0.05) is 5.54 Å². The molecule has 0 atom stereocenters. The maximum atomic E-state index is 5.66. The Kier molecular flexibility index (Phi) is 2.87. The molecule has 2 aromatic rings. The summed E-state index contributed by atoms with van der Waals surface area (Å²) in [7, 11) is 0. The van der Waals surface area contributed by atoms with Crippen LogP contribution >= 0.6 is 0 Å². The van der Waals surface area contributed by atoms with Gasteiger partial charge in [0.25, 0.3) is 0 Å². The molecule has 4 N–H and O–H groups in total. The molecule has 2 heterocycles. The highest BCUT2D eigenvalue weighted by atomic mass is 15.1. The SMILES string of the molecule is CCCC(C)(C)Nc1nc(N)nc2nc[nH]c12. The van der Waals surface area contributed by atoms with E-state index in [2.05, 4.69) is 46.0 Å². The molecule has 2 rings (SSSR count). The minimum atomic E-state index is -0.0341. The first-order valence-corrected chi connectivity index (χ1v) is 5.76. The van der Waals surface area contributed by atoms with Gasteiger partial charge < -0.3 is 16.0 Å². The second-order valence-electron chi connectivity index (χ2n) is 4.79. The molecule has 0 aliphatic carbocycles. The molecule has 0 aliphatic heterocycles. The van der Waals surface area contributed by atoms with E-state index in [1.54, 1.807) is 6.33 Å². The van der Waals surface area contributed by atoms with Gasteiger partial charge in [0.05, 0.1) is 6.33 Å². The zero-order valence-electron chi connectivity index (χ0n) is 10.4. The molecule has 0 radical (unpaired) electrons. The van der Waals surface area contributed by atoms with Gasteiger partial charge in [-0.25, -0.2) is 4.98 Å². The van der Waals surface area contributed by atoms with Crippen LogP contribution in [0.15, 0.2) is 6.33 Å². The lowest BCUT2D eigenvalue weighted by Gasteiger charge is -2.26. The molecule has 0 saturated carbocycles. The van der Waals surface area contributed by atoms with Crippen LogP contribution in [0.25, 0.3) is 11.2 Å². The van der Waals surface area contributed by atoms with Crippen molar-refractivity contribution in [2.45, 2.75) is 39.2 Å². The number of hydrogen-bond donors (Lipinski definition) is 3. The monoisotopic (exact) mass is 234 g/mol. The lowest BCUT2D eigenvalue weighted by Crippen LogP contribution is -2.31. The van der Waals surface area contributed by atoms with Crippen molar-refractivity contribution in [3.8, 4) is 0 Å². The topological polar surface area (TPSA) is 92.5 Å². The van der Waals surface area contributed by atoms with Crippen molar-refractivity contribution in [1.82, 2.24) is 19.9 Å². The Morgan fingerprint density at radius 2 is 2.18 bits per heavy atom. The van der Waals surface area contributed by atoms with Crippen LogP contribution in [0.4, 0.5) is 11.8 Å². The molecule has 17 heavy (non-hydrogen) atoms. The molecule has 0 saturated heterocycles. The van der Waals surface area contributed by atoms with Gasteiger partial charge in [-0.1, -0.05) is 13.3 Å². The number of fused-ring (bicyclic) bond motifs is 1. The van der Waals surface area contributed by atoms with Gasteiger partial charge in [-0.3, -0.25) is 0 Å². The summed E-state index contributed by atoms with van der Waals surface area (Å²) in [6, 6.07) is 0. The Balaban J connectivity index is 2.37. The summed E-state index contributed by atoms with van der Waals surface area (Å²) in [5, 5.41) is 3.39. The molecule has 0 aliphatic rings. The van der Waals surface area contributed by atoms with Crippen molar-refractivity contribution in [3.63, 3.8) is 0 Å². The summed E-state index contributed by atoms with van der Waals surface area (Å²) in [6.07, 6.45) is 3.75. The second kappa shape index (κ2) is 4.20. The Morgan fingerprint density at radius 3 is 2.88 bits per heavy atom. The number of nitrogens with one attached hydrogen (secondary N) is 2. The number of nitrogens with two attached hydrogens (primary N) is 1. The molecule has 92 valence electrons. The van der Waals surface area contributed by atoms with Crippen LogP contribution in [-0.4, -0.2) is 25.5 Å². The van der Waals surface area contributed by atoms with E-state index in [4.69, 9.17) is 5.73 Å². The van der Waals surface area contributed by atoms with Gasteiger partial charge in [0.1, 0.15) is 5.52 Å². The molecule has 0 aromatic carbocycles. The second-order valence-corrected chi connectivity index (χ2v) is 4.79. The number of nitrogen functional groups attached to an aromatic ring is 1. The quantitative estimate of drug-likeness (QED) is 0.751. The third-order valence-electron chi connectivity index (χ3n) is 2.63. The van der Waals surface area contributed by atoms with E-state index in [0.29, 0.717) is 11.5 Å². The lowest BCUT2D eigenvalue weighted by atomic mass is 9.99. The van der Waals surface area contributed by atoms with E-state index in [1.165, 1.54) is 0 Å². The van der Waals surface area contributed by atoms with Gasteiger partial charge in [0.2, 0.25) is 5.95 Å². The fourth-order valence-electron chi connectivity index (χ4n) is 1.95. The number of imidazole rings is 1. The van der Waals surface area contributed by atoms with E-state index in [-0.39, 0.29) is 11.5 Å². The number of nitrogens with zero attached hydrogens (tertiary/aromatic N) is 3. The smallest absolute Gasteiger partial charge is 0.224 e. The van der Waals surface area contributed by atoms with E-state index in [1.807, 2.05) is 0 Å². The first kappa shape index (κ1) is 11.6. The predicted molar refractivity (Wildman–Crippen MR) is 68.7 cm³/mol. The highest BCUT2D eigenvalue weighted by Gasteiger charge is 2.19. The molecule has 6 heteroatoms. The van der Waals surface area contributed by atoms with E-state index in [9.17, 15) is 0 Å². The third kappa shape index (κ3) is 2.46. The molecule has 0 amide bonds. The lowest BCUT2D eigenvalue weighted by molar-refractivity contribution is 0.509. The zero-order valence-corrected chi connectivity index (χ0v) is 10.4. The van der Waals surface area contributed by atoms with E-state index < -0.39 is 0 Å².